The second-order valence-corrected chi connectivity index (χ2v) is 4.81. The molecule has 0 aromatic heterocycles. The summed E-state index contributed by atoms with van der Waals surface area (Å²) in [5.74, 6) is 1.67. The van der Waals surface area contributed by atoms with Crippen LogP contribution in [0.4, 0.5) is 0 Å². The van der Waals surface area contributed by atoms with Crippen molar-refractivity contribution in [2.24, 2.45) is 0 Å². The van der Waals surface area contributed by atoms with E-state index in [0.717, 1.165) is 24.4 Å². The molecular weight excluding hydrogens is 210 g/mol. The maximum Gasteiger partial charge on any atom is 0.123 e. The molecule has 17 heavy (non-hydrogen) atoms. The molecule has 1 aliphatic rings. The summed E-state index contributed by atoms with van der Waals surface area (Å²) < 4.78 is 5.83. The number of nitrogens with one attached hydrogen (secondary N) is 1. The van der Waals surface area contributed by atoms with Gasteiger partial charge in [0.25, 0.3) is 0 Å². The van der Waals surface area contributed by atoms with Crippen molar-refractivity contribution in [3.63, 3.8) is 0 Å². The summed E-state index contributed by atoms with van der Waals surface area (Å²) >= 11 is 0. The molecule has 1 aliphatic heterocycles. The van der Waals surface area contributed by atoms with Gasteiger partial charge in [0, 0.05) is 0 Å². The first-order valence-electron chi connectivity index (χ1n) is 6.34. The number of hydrogen-bond donors (Lipinski definition) is 1. The van der Waals surface area contributed by atoms with Gasteiger partial charge in [0.1, 0.15) is 12.4 Å². The Kier molecular flexibility index (Phi) is 4.21. The molecular formula is C15H21NO. The van der Waals surface area contributed by atoms with E-state index in [1.165, 1.54) is 18.4 Å². The quantitative estimate of drug-likeness (QED) is 0.804. The highest BCUT2D eigenvalue weighted by Gasteiger charge is 2.18. The topological polar surface area (TPSA) is 21.3 Å². The maximum atomic E-state index is 5.83. The Morgan fingerprint density at radius 3 is 2.76 bits per heavy atom. The molecule has 1 aromatic carbocycles. The third kappa shape index (κ3) is 3.34. The van der Waals surface area contributed by atoms with Gasteiger partial charge in [-0.3, -0.25) is 0 Å². The lowest BCUT2D eigenvalue weighted by Crippen LogP contribution is -2.26. The minimum absolute atomic E-state index is 0.613. The summed E-state index contributed by atoms with van der Waals surface area (Å²) in [6, 6.07) is 8.41. The van der Waals surface area contributed by atoms with Crippen LogP contribution in [0.5, 0.6) is 5.75 Å². The van der Waals surface area contributed by atoms with Crippen LogP contribution in [-0.2, 0) is 0 Å². The zero-order valence-corrected chi connectivity index (χ0v) is 10.5. The first-order valence-corrected chi connectivity index (χ1v) is 6.34. The van der Waals surface area contributed by atoms with E-state index in [1.54, 1.807) is 0 Å². The van der Waals surface area contributed by atoms with E-state index >= 15 is 0 Å². The number of benzene rings is 1. The third-order valence-corrected chi connectivity index (χ3v) is 3.17. The standard InChI is InChI=1S/C15H21NO/c1-12(2)11-17-15-6-4-3-5-14(15)13-7-9-16-10-8-13/h3-6,13,16H,1,7-11H2,2H3. The van der Waals surface area contributed by atoms with E-state index in [4.69, 9.17) is 4.74 Å². The maximum absolute atomic E-state index is 5.83. The number of para-hydroxylation sites is 1. The lowest BCUT2D eigenvalue weighted by molar-refractivity contribution is 0.340. The van der Waals surface area contributed by atoms with Gasteiger partial charge in [-0.2, -0.15) is 0 Å². The van der Waals surface area contributed by atoms with Crippen molar-refractivity contribution in [3.8, 4) is 5.75 Å². The van der Waals surface area contributed by atoms with Gasteiger partial charge in [-0.1, -0.05) is 24.8 Å². The Labute approximate surface area is 104 Å². The van der Waals surface area contributed by atoms with E-state index in [2.05, 4.69) is 30.1 Å². The zero-order valence-electron chi connectivity index (χ0n) is 10.5. The summed E-state index contributed by atoms with van der Waals surface area (Å²) in [5.41, 5.74) is 2.42. The lowest BCUT2D eigenvalue weighted by Gasteiger charge is -2.25. The Balaban J connectivity index is 2.11. The zero-order chi connectivity index (χ0) is 12.1. The molecule has 0 bridgehead atoms. The van der Waals surface area contributed by atoms with Crippen LogP contribution in [-0.4, -0.2) is 19.7 Å². The summed E-state index contributed by atoms with van der Waals surface area (Å²) in [6.07, 6.45) is 2.40. The highest BCUT2D eigenvalue weighted by molar-refractivity contribution is 5.36. The van der Waals surface area contributed by atoms with Crippen LogP contribution in [0.3, 0.4) is 0 Å². The fraction of sp³-hybridized carbons (Fsp3) is 0.467. The van der Waals surface area contributed by atoms with Crippen LogP contribution < -0.4 is 10.1 Å². The molecule has 0 aliphatic carbocycles. The molecule has 2 nitrogen and oxygen atoms in total. The summed E-state index contributed by atoms with van der Waals surface area (Å²) in [7, 11) is 0. The van der Waals surface area contributed by atoms with E-state index in [0.29, 0.717) is 12.5 Å². The molecule has 0 atom stereocenters. The SMILES string of the molecule is C=C(C)COc1ccccc1C1CCNCC1. The molecule has 0 spiro atoms. The minimum atomic E-state index is 0.613. The van der Waals surface area contributed by atoms with Crippen molar-refractivity contribution >= 4 is 0 Å². The Hall–Kier alpha value is -1.28. The van der Waals surface area contributed by atoms with Crippen molar-refractivity contribution in [2.75, 3.05) is 19.7 Å². The molecule has 1 saturated heterocycles. The van der Waals surface area contributed by atoms with Crippen LogP contribution in [0.1, 0.15) is 31.2 Å². The van der Waals surface area contributed by atoms with Crippen molar-refractivity contribution in [1.82, 2.24) is 5.32 Å². The number of piperidine rings is 1. The monoisotopic (exact) mass is 231 g/mol. The van der Waals surface area contributed by atoms with Crippen LogP contribution in [0.15, 0.2) is 36.4 Å². The lowest BCUT2D eigenvalue weighted by atomic mass is 9.89. The summed E-state index contributed by atoms with van der Waals surface area (Å²) in [6.45, 7) is 8.70. The number of hydrogen-bond acceptors (Lipinski definition) is 2. The van der Waals surface area contributed by atoms with Gasteiger partial charge in [-0.15, -0.1) is 0 Å². The van der Waals surface area contributed by atoms with Gasteiger partial charge in [-0.05, 0) is 56.0 Å². The van der Waals surface area contributed by atoms with E-state index < -0.39 is 0 Å². The number of rotatable bonds is 4. The summed E-state index contributed by atoms with van der Waals surface area (Å²) in [4.78, 5) is 0. The fourth-order valence-corrected chi connectivity index (χ4v) is 2.28. The van der Waals surface area contributed by atoms with Crippen LogP contribution >= 0.6 is 0 Å². The van der Waals surface area contributed by atoms with Crippen LogP contribution in [0.25, 0.3) is 0 Å². The van der Waals surface area contributed by atoms with Gasteiger partial charge in [0.2, 0.25) is 0 Å². The fourth-order valence-electron chi connectivity index (χ4n) is 2.28. The van der Waals surface area contributed by atoms with E-state index in [-0.39, 0.29) is 0 Å². The molecule has 0 unspecified atom stereocenters. The predicted octanol–water partition coefficient (Wildman–Crippen LogP) is 3.11. The molecule has 1 heterocycles. The van der Waals surface area contributed by atoms with Crippen LogP contribution in [0.2, 0.25) is 0 Å². The molecule has 1 aromatic rings. The average molecular weight is 231 g/mol. The molecule has 0 saturated carbocycles. The molecule has 0 radical (unpaired) electrons. The molecule has 1 N–H and O–H groups in total. The summed E-state index contributed by atoms with van der Waals surface area (Å²) in [5, 5.41) is 3.40. The normalized spacial score (nSPS) is 16.8. The molecule has 2 rings (SSSR count). The molecule has 2 heteroatoms. The largest absolute Gasteiger partial charge is 0.489 e. The highest BCUT2D eigenvalue weighted by Crippen LogP contribution is 2.32. The van der Waals surface area contributed by atoms with Gasteiger partial charge >= 0.3 is 0 Å². The second kappa shape index (κ2) is 5.87. The highest BCUT2D eigenvalue weighted by atomic mass is 16.5. The Bertz CT molecular complexity index is 380. The molecule has 0 amide bonds. The van der Waals surface area contributed by atoms with Crippen molar-refractivity contribution < 1.29 is 4.74 Å². The third-order valence-electron chi connectivity index (χ3n) is 3.17. The Morgan fingerprint density at radius 2 is 2.06 bits per heavy atom. The Morgan fingerprint density at radius 1 is 1.35 bits per heavy atom. The van der Waals surface area contributed by atoms with Gasteiger partial charge in [0.15, 0.2) is 0 Å². The smallest absolute Gasteiger partial charge is 0.123 e. The van der Waals surface area contributed by atoms with Crippen molar-refractivity contribution in [3.05, 3.63) is 42.0 Å². The van der Waals surface area contributed by atoms with Crippen LogP contribution in [0, 0.1) is 0 Å². The van der Waals surface area contributed by atoms with Gasteiger partial charge < -0.3 is 10.1 Å². The first kappa shape index (κ1) is 12.2. The predicted molar refractivity (Wildman–Crippen MR) is 71.6 cm³/mol. The first-order chi connectivity index (χ1) is 8.27. The number of ether oxygens (including phenoxy) is 1. The average Bonchev–Trinajstić information content (AvgIpc) is 2.38. The van der Waals surface area contributed by atoms with Gasteiger partial charge in [0.05, 0.1) is 0 Å². The molecule has 1 fully saturated rings. The van der Waals surface area contributed by atoms with E-state index in [1.807, 2.05) is 13.0 Å². The van der Waals surface area contributed by atoms with E-state index in [9.17, 15) is 0 Å². The minimum Gasteiger partial charge on any atom is -0.489 e. The van der Waals surface area contributed by atoms with Gasteiger partial charge in [-0.25, -0.2) is 0 Å². The van der Waals surface area contributed by atoms with Crippen molar-refractivity contribution in [2.45, 2.75) is 25.7 Å². The molecule has 92 valence electrons. The second-order valence-electron chi connectivity index (χ2n) is 4.81. The van der Waals surface area contributed by atoms with Crippen molar-refractivity contribution in [1.29, 1.82) is 0 Å².